The molecule has 3 heterocycles. The van der Waals surface area contributed by atoms with Crippen molar-refractivity contribution in [3.05, 3.63) is 78.1 Å². The molecule has 1 spiro atoms. The minimum Gasteiger partial charge on any atom is -0.406 e. The predicted octanol–water partition coefficient (Wildman–Crippen LogP) is 5.41. The molecule has 0 unspecified atom stereocenters. The summed E-state index contributed by atoms with van der Waals surface area (Å²) in [6.07, 6.45) is 1.01. The Bertz CT molecular complexity index is 1100. The maximum absolute atomic E-state index is 12.9. The lowest BCUT2D eigenvalue weighted by atomic mass is 9.76. The molecule has 0 radical (unpaired) electrons. The Morgan fingerprint density at radius 1 is 1.03 bits per heavy atom. The van der Waals surface area contributed by atoms with Crippen LogP contribution in [0, 0.1) is 0 Å². The van der Waals surface area contributed by atoms with E-state index in [9.17, 15) is 13.2 Å². The van der Waals surface area contributed by atoms with Crippen LogP contribution in [0.5, 0.6) is 5.75 Å². The number of piperidine rings is 1. The van der Waals surface area contributed by atoms with Crippen molar-refractivity contribution in [1.29, 1.82) is 0 Å². The Balaban J connectivity index is 1.51. The van der Waals surface area contributed by atoms with Gasteiger partial charge in [0.25, 0.3) is 0 Å². The van der Waals surface area contributed by atoms with Gasteiger partial charge in [0.2, 0.25) is 0 Å². The lowest BCUT2D eigenvalue weighted by Gasteiger charge is -2.41. The first-order valence-electron chi connectivity index (χ1n) is 11.0. The van der Waals surface area contributed by atoms with Crippen LogP contribution in [-0.2, 0) is 4.74 Å². The van der Waals surface area contributed by atoms with Gasteiger partial charge in [-0.15, -0.1) is 13.2 Å². The summed E-state index contributed by atoms with van der Waals surface area (Å²) in [4.78, 5) is 8.65. The highest BCUT2D eigenvalue weighted by Gasteiger charge is 2.49. The standard InChI is InChI=1S/C25H24F3N3O2/c26-25(27,28)33-19-8-9-20(23-30-12-5-13-31-23)21(14-19)18-15-24(32-16-18)10-4-11-29-22(24)17-6-2-1-3-7-17/h1-3,5-9,12-14,18,22,29H,4,10-11,15-16H2/t18-,22-,24+/m0/s1. The van der Waals surface area contributed by atoms with E-state index in [-0.39, 0.29) is 17.7 Å². The summed E-state index contributed by atoms with van der Waals surface area (Å²) in [5, 5.41) is 3.61. The highest BCUT2D eigenvalue weighted by Crippen LogP contribution is 2.49. The van der Waals surface area contributed by atoms with Gasteiger partial charge in [0.15, 0.2) is 5.82 Å². The summed E-state index contributed by atoms with van der Waals surface area (Å²) >= 11 is 0. The second-order valence-electron chi connectivity index (χ2n) is 8.55. The molecule has 2 aliphatic heterocycles. The Labute approximate surface area is 190 Å². The van der Waals surface area contributed by atoms with Gasteiger partial charge in [0, 0.05) is 23.9 Å². The number of nitrogens with zero attached hydrogens (tertiary/aromatic N) is 2. The predicted molar refractivity (Wildman–Crippen MR) is 117 cm³/mol. The van der Waals surface area contributed by atoms with Crippen LogP contribution in [0.4, 0.5) is 13.2 Å². The van der Waals surface area contributed by atoms with Crippen molar-refractivity contribution in [2.75, 3.05) is 13.2 Å². The van der Waals surface area contributed by atoms with Crippen LogP contribution in [-0.4, -0.2) is 35.1 Å². The van der Waals surface area contributed by atoms with Gasteiger partial charge in [-0.2, -0.15) is 0 Å². The molecule has 0 bridgehead atoms. The van der Waals surface area contributed by atoms with Crippen molar-refractivity contribution in [3.8, 4) is 17.1 Å². The molecular formula is C25H24F3N3O2. The van der Waals surface area contributed by atoms with Crippen molar-refractivity contribution in [3.63, 3.8) is 0 Å². The number of benzene rings is 2. The number of aromatic nitrogens is 2. The highest BCUT2D eigenvalue weighted by molar-refractivity contribution is 5.63. The summed E-state index contributed by atoms with van der Waals surface area (Å²) in [5.41, 5.74) is 2.12. The Morgan fingerprint density at radius 2 is 1.82 bits per heavy atom. The molecule has 3 aromatic rings. The summed E-state index contributed by atoms with van der Waals surface area (Å²) in [5.74, 6) is 0.0969. The van der Waals surface area contributed by atoms with Crippen molar-refractivity contribution in [2.24, 2.45) is 0 Å². The van der Waals surface area contributed by atoms with E-state index in [0.29, 0.717) is 30.0 Å². The van der Waals surface area contributed by atoms with Crippen molar-refractivity contribution < 1.29 is 22.6 Å². The molecule has 5 nitrogen and oxygen atoms in total. The third-order valence-electron chi connectivity index (χ3n) is 6.45. The average Bonchev–Trinajstić information content (AvgIpc) is 3.23. The average molecular weight is 455 g/mol. The Morgan fingerprint density at radius 3 is 2.58 bits per heavy atom. The molecule has 2 fully saturated rings. The van der Waals surface area contributed by atoms with E-state index in [0.717, 1.165) is 24.9 Å². The Hall–Kier alpha value is -2.97. The minimum atomic E-state index is -4.76. The van der Waals surface area contributed by atoms with Crippen LogP contribution >= 0.6 is 0 Å². The maximum atomic E-state index is 12.9. The fraction of sp³-hybridized carbons (Fsp3) is 0.360. The molecule has 3 atom stereocenters. The van der Waals surface area contributed by atoms with Gasteiger partial charge >= 0.3 is 6.36 Å². The minimum absolute atomic E-state index is 0.0171. The largest absolute Gasteiger partial charge is 0.573 e. The van der Waals surface area contributed by atoms with E-state index in [2.05, 4.69) is 32.2 Å². The second-order valence-corrected chi connectivity index (χ2v) is 8.55. The van der Waals surface area contributed by atoms with Crippen LogP contribution in [0.3, 0.4) is 0 Å². The smallest absolute Gasteiger partial charge is 0.406 e. The molecule has 2 aliphatic rings. The monoisotopic (exact) mass is 455 g/mol. The molecule has 2 aromatic carbocycles. The van der Waals surface area contributed by atoms with E-state index < -0.39 is 12.0 Å². The van der Waals surface area contributed by atoms with E-state index in [1.54, 1.807) is 24.5 Å². The van der Waals surface area contributed by atoms with Gasteiger partial charge in [-0.25, -0.2) is 9.97 Å². The molecule has 2 saturated heterocycles. The third-order valence-corrected chi connectivity index (χ3v) is 6.45. The first kappa shape index (κ1) is 21.9. The number of hydrogen-bond acceptors (Lipinski definition) is 5. The van der Waals surface area contributed by atoms with Gasteiger partial charge in [-0.1, -0.05) is 30.3 Å². The summed E-state index contributed by atoms with van der Waals surface area (Å²) < 4.78 is 49.5. The van der Waals surface area contributed by atoms with Gasteiger partial charge in [-0.05, 0) is 61.2 Å². The summed E-state index contributed by atoms with van der Waals surface area (Å²) in [7, 11) is 0. The van der Waals surface area contributed by atoms with E-state index >= 15 is 0 Å². The number of halogens is 3. The number of ether oxygens (including phenoxy) is 2. The molecule has 0 aliphatic carbocycles. The van der Waals surface area contributed by atoms with Gasteiger partial charge < -0.3 is 14.8 Å². The van der Waals surface area contributed by atoms with Crippen LogP contribution < -0.4 is 10.1 Å². The molecule has 0 amide bonds. The zero-order valence-corrected chi connectivity index (χ0v) is 17.9. The van der Waals surface area contributed by atoms with Crippen molar-refractivity contribution in [2.45, 2.75) is 43.2 Å². The van der Waals surface area contributed by atoms with Gasteiger partial charge in [0.1, 0.15) is 5.75 Å². The molecule has 1 N–H and O–H groups in total. The van der Waals surface area contributed by atoms with Crippen LogP contribution in [0.15, 0.2) is 67.0 Å². The normalized spacial score (nSPS) is 25.3. The molecular weight excluding hydrogens is 431 g/mol. The van der Waals surface area contributed by atoms with E-state index in [1.807, 2.05) is 18.2 Å². The zero-order chi connectivity index (χ0) is 22.9. The van der Waals surface area contributed by atoms with Gasteiger partial charge in [-0.3, -0.25) is 0 Å². The molecule has 33 heavy (non-hydrogen) atoms. The zero-order valence-electron chi connectivity index (χ0n) is 17.9. The molecule has 8 heteroatoms. The third kappa shape index (κ3) is 4.58. The van der Waals surface area contributed by atoms with E-state index in [1.165, 1.54) is 12.1 Å². The number of hydrogen-bond donors (Lipinski definition) is 1. The molecule has 1 aromatic heterocycles. The highest BCUT2D eigenvalue weighted by atomic mass is 19.4. The SMILES string of the molecule is FC(F)(F)Oc1ccc(-c2ncccn2)c([C@@H]2CO[C@]3(CCCN[C@H]3c3ccccc3)C2)c1. The quantitative estimate of drug-likeness (QED) is 0.570. The molecule has 5 rings (SSSR count). The number of alkyl halides is 3. The molecule has 0 saturated carbocycles. The first-order valence-corrected chi connectivity index (χ1v) is 11.0. The molecule has 172 valence electrons. The lowest BCUT2D eigenvalue weighted by Crippen LogP contribution is -2.48. The fourth-order valence-electron chi connectivity index (χ4n) is 5.13. The van der Waals surface area contributed by atoms with Crippen molar-refractivity contribution >= 4 is 0 Å². The fourth-order valence-corrected chi connectivity index (χ4v) is 5.13. The summed E-state index contributed by atoms with van der Waals surface area (Å²) in [6.45, 7) is 1.30. The lowest BCUT2D eigenvalue weighted by molar-refractivity contribution is -0.274. The second kappa shape index (κ2) is 8.76. The summed E-state index contributed by atoms with van der Waals surface area (Å²) in [6, 6.07) is 16.3. The first-order chi connectivity index (χ1) is 15.9. The topological polar surface area (TPSA) is 56.3 Å². The van der Waals surface area contributed by atoms with Crippen LogP contribution in [0.2, 0.25) is 0 Å². The van der Waals surface area contributed by atoms with Gasteiger partial charge in [0.05, 0.1) is 18.2 Å². The number of rotatable bonds is 4. The Kier molecular flexibility index (Phi) is 5.80. The van der Waals surface area contributed by atoms with Crippen LogP contribution in [0.25, 0.3) is 11.4 Å². The van der Waals surface area contributed by atoms with Crippen molar-refractivity contribution in [1.82, 2.24) is 15.3 Å². The maximum Gasteiger partial charge on any atom is 0.573 e. The van der Waals surface area contributed by atoms with E-state index in [4.69, 9.17) is 4.74 Å². The van der Waals surface area contributed by atoms with Crippen LogP contribution in [0.1, 0.15) is 42.3 Å². The number of nitrogens with one attached hydrogen (secondary N) is 1.